The molecule has 2 heterocycles. The van der Waals surface area contributed by atoms with Crippen LogP contribution in [-0.4, -0.2) is 71.3 Å². The van der Waals surface area contributed by atoms with Gasteiger partial charge in [0, 0.05) is 81.3 Å². The second kappa shape index (κ2) is 7.20. The lowest BCUT2D eigenvalue weighted by Crippen LogP contribution is -2.53. The molecule has 0 spiro atoms. The fraction of sp³-hybridized carbons (Fsp3) is 1.00. The number of nitrogens with zero attached hydrogens (tertiary/aromatic N) is 3. The van der Waals surface area contributed by atoms with Crippen molar-refractivity contribution >= 4 is 22.9 Å². The molecule has 0 aliphatic carbocycles. The van der Waals surface area contributed by atoms with Crippen LogP contribution in [0.5, 0.6) is 0 Å². The Bertz CT molecular complexity index is 212. The molecule has 17 heavy (non-hydrogen) atoms. The van der Waals surface area contributed by atoms with Crippen LogP contribution in [0.15, 0.2) is 0 Å². The van der Waals surface area contributed by atoms with E-state index in [4.69, 9.17) is 5.84 Å². The molecule has 0 unspecified atom stereocenters. The quantitative estimate of drug-likeness (QED) is 0.320. The number of hydrazine groups is 1. The van der Waals surface area contributed by atoms with Gasteiger partial charge in [0.05, 0.1) is 0 Å². The van der Waals surface area contributed by atoms with E-state index < -0.39 is 0 Å². The molecule has 2 aliphatic rings. The maximum Gasteiger partial charge on any atom is 0.0225 e. The smallest absolute Gasteiger partial charge is 0.0225 e. The Kier molecular flexibility index (Phi) is 5.91. The van der Waals surface area contributed by atoms with E-state index in [0.29, 0.717) is 0 Å². The van der Waals surface area contributed by atoms with E-state index in [1.54, 1.807) is 0 Å². The summed E-state index contributed by atoms with van der Waals surface area (Å²) in [5.74, 6) is 5.31. The van der Waals surface area contributed by atoms with Crippen LogP contribution < -0.4 is 11.3 Å². The van der Waals surface area contributed by atoms with Crippen molar-refractivity contribution in [1.29, 1.82) is 0 Å². The number of rotatable bonds is 4. The molecule has 0 aromatic rings. The zero-order valence-corrected chi connectivity index (χ0v) is 12.6. The van der Waals surface area contributed by atoms with Crippen molar-refractivity contribution in [2.24, 2.45) is 5.84 Å². The monoisotopic (exact) mass is 353 g/mol. The third kappa shape index (κ3) is 4.29. The molecule has 0 radical (unpaired) electrons. The molecule has 0 atom stereocenters. The third-order valence-corrected chi connectivity index (χ3v) is 4.87. The van der Waals surface area contributed by atoms with Crippen LogP contribution >= 0.6 is 22.9 Å². The van der Waals surface area contributed by atoms with Gasteiger partial charge in [0.15, 0.2) is 0 Å². The van der Waals surface area contributed by atoms with Gasteiger partial charge in [-0.05, 0) is 12.8 Å². The molecule has 0 amide bonds. The molecular weight excluding hydrogens is 329 g/mol. The summed E-state index contributed by atoms with van der Waals surface area (Å²) in [4.78, 5) is 5.19. The molecule has 5 nitrogen and oxygen atoms in total. The van der Waals surface area contributed by atoms with Crippen molar-refractivity contribution in [2.75, 3.05) is 52.4 Å². The molecule has 0 aromatic heterocycles. The van der Waals surface area contributed by atoms with Crippen LogP contribution in [0, 0.1) is 0 Å². The van der Waals surface area contributed by atoms with Crippen molar-refractivity contribution in [2.45, 2.75) is 18.9 Å². The van der Waals surface area contributed by atoms with Gasteiger partial charge in [0.25, 0.3) is 0 Å². The van der Waals surface area contributed by atoms with Gasteiger partial charge in [0.1, 0.15) is 0 Å². The van der Waals surface area contributed by atoms with E-state index >= 15 is 0 Å². The summed E-state index contributed by atoms with van der Waals surface area (Å²) in [5, 5.41) is 0. The second-order valence-electron chi connectivity index (χ2n) is 4.97. The molecule has 2 saturated heterocycles. The second-order valence-corrected chi connectivity index (χ2v) is 6.34. The highest BCUT2D eigenvalue weighted by molar-refractivity contribution is 14.1. The van der Waals surface area contributed by atoms with Crippen molar-refractivity contribution in [1.82, 2.24) is 18.3 Å². The lowest BCUT2D eigenvalue weighted by atomic mass is 10.0. The number of piperazine rings is 1. The lowest BCUT2D eigenvalue weighted by molar-refractivity contribution is 0.0762. The Morgan fingerprint density at radius 2 is 1.71 bits per heavy atom. The van der Waals surface area contributed by atoms with Gasteiger partial charge in [-0.15, -0.1) is 0 Å². The van der Waals surface area contributed by atoms with Gasteiger partial charge in [-0.1, -0.05) is 0 Å². The van der Waals surface area contributed by atoms with Crippen LogP contribution in [0.1, 0.15) is 12.8 Å². The van der Waals surface area contributed by atoms with E-state index in [9.17, 15) is 0 Å². The zero-order chi connectivity index (χ0) is 12.1. The number of hydrogen-bond donors (Lipinski definition) is 2. The molecule has 3 N–H and O–H groups in total. The van der Waals surface area contributed by atoms with Crippen LogP contribution in [-0.2, 0) is 0 Å². The minimum absolute atomic E-state index is 0.829. The predicted molar refractivity (Wildman–Crippen MR) is 78.8 cm³/mol. The van der Waals surface area contributed by atoms with E-state index in [2.05, 4.69) is 41.2 Å². The Morgan fingerprint density at radius 3 is 2.29 bits per heavy atom. The molecule has 0 bridgehead atoms. The predicted octanol–water partition coefficient (Wildman–Crippen LogP) is -0.118. The Labute approximate surface area is 118 Å². The summed E-state index contributed by atoms with van der Waals surface area (Å²) in [6, 6.07) is 0.829. The standard InChI is InChI=1S/C11H24IN5/c12-17-4-1-11(2-5-17)16-9-7-15(8-10-16)6-3-14-13/h11,14H,1-10,13H2. The molecule has 0 saturated carbocycles. The first-order valence-corrected chi connectivity index (χ1v) is 7.56. The number of piperidine rings is 1. The maximum atomic E-state index is 5.31. The minimum Gasteiger partial charge on any atom is -0.299 e. The summed E-state index contributed by atoms with van der Waals surface area (Å²) in [7, 11) is 0. The van der Waals surface area contributed by atoms with Crippen molar-refractivity contribution in [3.63, 3.8) is 0 Å². The normalized spacial score (nSPS) is 26.5. The summed E-state index contributed by atoms with van der Waals surface area (Å²) < 4.78 is 2.41. The Hall–Kier alpha value is 0.530. The first-order chi connectivity index (χ1) is 8.29. The molecule has 2 aliphatic heterocycles. The van der Waals surface area contributed by atoms with Gasteiger partial charge < -0.3 is 0 Å². The van der Waals surface area contributed by atoms with Crippen LogP contribution in [0.25, 0.3) is 0 Å². The highest BCUT2D eigenvalue weighted by Crippen LogP contribution is 2.19. The molecule has 2 rings (SSSR count). The SMILES string of the molecule is NNCCN1CCN(C2CCN(I)CC2)CC1. The topological polar surface area (TPSA) is 47.8 Å². The maximum absolute atomic E-state index is 5.31. The molecule has 100 valence electrons. The van der Waals surface area contributed by atoms with Gasteiger partial charge in [-0.3, -0.25) is 21.1 Å². The van der Waals surface area contributed by atoms with Crippen LogP contribution in [0.2, 0.25) is 0 Å². The van der Waals surface area contributed by atoms with Gasteiger partial charge in [-0.25, -0.2) is 3.11 Å². The van der Waals surface area contributed by atoms with Crippen molar-refractivity contribution in [3.8, 4) is 0 Å². The lowest BCUT2D eigenvalue weighted by Gasteiger charge is -2.41. The number of nitrogens with two attached hydrogens (primary N) is 1. The van der Waals surface area contributed by atoms with Crippen molar-refractivity contribution < 1.29 is 0 Å². The Morgan fingerprint density at radius 1 is 1.06 bits per heavy atom. The van der Waals surface area contributed by atoms with Gasteiger partial charge >= 0.3 is 0 Å². The summed E-state index contributed by atoms with van der Waals surface area (Å²) in [5.41, 5.74) is 2.73. The highest BCUT2D eigenvalue weighted by atomic mass is 127. The molecule has 2 fully saturated rings. The Balaban J connectivity index is 1.68. The fourth-order valence-electron chi connectivity index (χ4n) is 2.77. The molecular formula is C11H24IN5. The highest BCUT2D eigenvalue weighted by Gasteiger charge is 2.26. The summed E-state index contributed by atoms with van der Waals surface area (Å²) in [6.45, 7) is 9.35. The fourth-order valence-corrected chi connectivity index (χ4v) is 3.33. The van der Waals surface area contributed by atoms with E-state index in [-0.39, 0.29) is 0 Å². The van der Waals surface area contributed by atoms with Crippen molar-refractivity contribution in [3.05, 3.63) is 0 Å². The summed E-state index contributed by atoms with van der Waals surface area (Å²) in [6.07, 6.45) is 2.68. The average molecular weight is 353 g/mol. The van der Waals surface area contributed by atoms with Gasteiger partial charge in [-0.2, -0.15) is 0 Å². The van der Waals surface area contributed by atoms with Crippen LogP contribution in [0.4, 0.5) is 0 Å². The first-order valence-electron chi connectivity index (χ1n) is 6.60. The number of halogens is 1. The summed E-state index contributed by atoms with van der Waals surface area (Å²) >= 11 is 2.44. The minimum atomic E-state index is 0.829. The third-order valence-electron chi connectivity index (χ3n) is 3.91. The number of nitrogens with one attached hydrogen (secondary N) is 1. The van der Waals surface area contributed by atoms with E-state index in [1.165, 1.54) is 52.1 Å². The van der Waals surface area contributed by atoms with E-state index in [1.807, 2.05) is 0 Å². The largest absolute Gasteiger partial charge is 0.299 e. The molecule has 6 heteroatoms. The van der Waals surface area contributed by atoms with E-state index in [0.717, 1.165) is 19.1 Å². The number of hydrogen-bond acceptors (Lipinski definition) is 5. The van der Waals surface area contributed by atoms with Crippen LogP contribution in [0.3, 0.4) is 0 Å². The zero-order valence-electron chi connectivity index (χ0n) is 10.4. The first kappa shape index (κ1) is 14.0. The average Bonchev–Trinajstić information content (AvgIpc) is 2.38. The molecule has 0 aromatic carbocycles. The van der Waals surface area contributed by atoms with Gasteiger partial charge in [0.2, 0.25) is 0 Å².